The maximum Gasteiger partial charge on any atom is 0.311 e. The second-order valence-corrected chi connectivity index (χ2v) is 16.4. The van der Waals surface area contributed by atoms with E-state index in [1.54, 1.807) is 62.4 Å². The second kappa shape index (κ2) is 18.0. The van der Waals surface area contributed by atoms with E-state index < -0.39 is 114 Å². The Morgan fingerprint density at radius 2 is 1.49 bits per heavy atom. The van der Waals surface area contributed by atoms with E-state index in [1.165, 1.54) is 33.0 Å². The van der Waals surface area contributed by atoms with Gasteiger partial charge in [0.25, 0.3) is 0 Å². The van der Waals surface area contributed by atoms with Crippen molar-refractivity contribution in [2.24, 2.45) is 23.7 Å². The van der Waals surface area contributed by atoms with Crippen LogP contribution in [0.4, 0.5) is 0 Å². The van der Waals surface area contributed by atoms with Gasteiger partial charge in [-0.15, -0.1) is 0 Å². The van der Waals surface area contributed by atoms with E-state index in [9.17, 15) is 34.8 Å². The normalized spacial score (nSPS) is 48.1. The average molecular weight is 762 g/mol. The molecule has 0 aliphatic carbocycles. The lowest BCUT2D eigenvalue weighted by Crippen LogP contribution is -2.61. The first-order valence-corrected chi connectivity index (χ1v) is 18.9. The lowest BCUT2D eigenvalue weighted by atomic mass is 9.74. The molecule has 0 bridgehead atoms. The zero-order valence-corrected chi connectivity index (χ0v) is 33.9. The molecule has 18 atom stereocenters. The highest BCUT2D eigenvalue weighted by Gasteiger charge is 2.54. The molecule has 53 heavy (non-hydrogen) atoms. The van der Waals surface area contributed by atoms with E-state index in [0.717, 1.165) is 0 Å². The monoisotopic (exact) mass is 761 g/mol. The Bertz CT molecular complexity index is 1240. The Kier molecular flexibility index (Phi) is 15.5. The summed E-state index contributed by atoms with van der Waals surface area (Å²) in [7, 11) is 4.51. The number of ketones is 1. The molecular formula is C38H67NO14. The predicted octanol–water partition coefficient (Wildman–Crippen LogP) is 1.97. The minimum absolute atomic E-state index is 0.0558. The molecule has 0 saturated carbocycles. The van der Waals surface area contributed by atoms with Gasteiger partial charge in [-0.3, -0.25) is 14.4 Å². The van der Waals surface area contributed by atoms with Crippen molar-refractivity contribution in [2.45, 2.75) is 179 Å². The molecule has 3 fully saturated rings. The van der Waals surface area contributed by atoms with Crippen LogP contribution in [0.25, 0.3) is 0 Å². The number of carbonyl (C=O) groups excluding carboxylic acids is 3. The summed E-state index contributed by atoms with van der Waals surface area (Å²) in [6.45, 7) is 16.7. The maximum atomic E-state index is 14.2. The highest BCUT2D eigenvalue weighted by molar-refractivity contribution is 5.83. The van der Waals surface area contributed by atoms with Crippen molar-refractivity contribution in [1.29, 1.82) is 0 Å². The van der Waals surface area contributed by atoms with E-state index in [2.05, 4.69) is 0 Å². The van der Waals surface area contributed by atoms with Gasteiger partial charge in [0.2, 0.25) is 6.41 Å². The van der Waals surface area contributed by atoms with Crippen LogP contribution < -0.4 is 0 Å². The fourth-order valence-electron chi connectivity index (χ4n) is 8.55. The van der Waals surface area contributed by atoms with Gasteiger partial charge in [-0.2, -0.15) is 0 Å². The summed E-state index contributed by atoms with van der Waals surface area (Å²) >= 11 is 0. The molecule has 308 valence electrons. The average Bonchev–Trinajstić information content (AvgIpc) is 3.12. The van der Waals surface area contributed by atoms with Crippen LogP contribution in [-0.4, -0.2) is 149 Å². The summed E-state index contributed by atoms with van der Waals surface area (Å²) in [5.74, 6) is -4.74. The van der Waals surface area contributed by atoms with E-state index in [1.807, 2.05) is 0 Å². The lowest BCUT2D eigenvalue weighted by molar-refractivity contribution is -0.319. The summed E-state index contributed by atoms with van der Waals surface area (Å²) in [6.07, 6.45) is -9.27. The van der Waals surface area contributed by atoms with Crippen LogP contribution in [0.15, 0.2) is 0 Å². The summed E-state index contributed by atoms with van der Waals surface area (Å²) in [6, 6.07) is -0.637. The highest BCUT2D eigenvalue weighted by atomic mass is 16.7. The molecular weight excluding hydrogens is 694 g/mol. The van der Waals surface area contributed by atoms with Crippen molar-refractivity contribution in [2.75, 3.05) is 21.3 Å². The topological polar surface area (TPSA) is 200 Å². The third-order valence-electron chi connectivity index (χ3n) is 12.3. The molecule has 1 amide bonds. The van der Waals surface area contributed by atoms with Crippen LogP contribution in [0.2, 0.25) is 0 Å². The first kappa shape index (κ1) is 45.6. The quantitative estimate of drug-likeness (QED) is 0.196. The van der Waals surface area contributed by atoms with E-state index in [0.29, 0.717) is 12.8 Å². The van der Waals surface area contributed by atoms with Crippen LogP contribution in [0.5, 0.6) is 0 Å². The van der Waals surface area contributed by atoms with Gasteiger partial charge >= 0.3 is 5.97 Å². The summed E-state index contributed by atoms with van der Waals surface area (Å²) < 4.78 is 43.6. The molecule has 0 spiro atoms. The maximum absolute atomic E-state index is 14.2. The Labute approximate surface area is 314 Å². The molecule has 0 aromatic heterocycles. The fourth-order valence-corrected chi connectivity index (χ4v) is 8.55. The van der Waals surface area contributed by atoms with Crippen LogP contribution in [0, 0.1) is 23.7 Å². The van der Waals surface area contributed by atoms with Gasteiger partial charge in [0.1, 0.15) is 29.7 Å². The first-order valence-electron chi connectivity index (χ1n) is 18.9. The zero-order chi connectivity index (χ0) is 40.4. The standard InChI is InChI=1S/C38H67NO14/c1-14-26-38(10,46)31(43)21(4)28(41)19(2)16-37(9,48-13)33(53-35-29(42)25(39(11)18-40)15-20(3)49-35)22(5)30(23(6)34(45)51-26)52-27-17-36(8,47-12)32(44)24(7)50-27/h18-27,29-33,35,42-44,46H,14-17H2,1-13H3/t19-,20-,21+,22+,23-,24+,25+,26?,27+,29-,30?,31-,32+,33-,35+,36-,37-,38-/m1/s1. The summed E-state index contributed by atoms with van der Waals surface area (Å²) in [4.78, 5) is 41.3. The van der Waals surface area contributed by atoms with Gasteiger partial charge < -0.3 is 58.5 Å². The molecule has 3 saturated heterocycles. The van der Waals surface area contributed by atoms with Crippen molar-refractivity contribution >= 4 is 18.2 Å². The number of cyclic esters (lactones) is 1. The molecule has 15 nitrogen and oxygen atoms in total. The summed E-state index contributed by atoms with van der Waals surface area (Å²) in [5.41, 5.74) is -4.37. The molecule has 2 unspecified atom stereocenters. The van der Waals surface area contributed by atoms with Gasteiger partial charge in [-0.25, -0.2) is 0 Å². The Morgan fingerprint density at radius 1 is 0.887 bits per heavy atom. The van der Waals surface area contributed by atoms with Crippen LogP contribution >= 0.6 is 0 Å². The number of esters is 1. The van der Waals surface area contributed by atoms with Gasteiger partial charge in [-0.1, -0.05) is 27.7 Å². The molecule has 3 aliphatic rings. The Balaban J connectivity index is 2.23. The molecule has 3 heterocycles. The van der Waals surface area contributed by atoms with Crippen LogP contribution in [0.3, 0.4) is 0 Å². The third kappa shape index (κ3) is 9.61. The number of ether oxygens (including phenoxy) is 7. The second-order valence-electron chi connectivity index (χ2n) is 16.4. The Morgan fingerprint density at radius 3 is 2.04 bits per heavy atom. The Hall–Kier alpha value is -1.79. The molecule has 0 aromatic rings. The van der Waals surface area contributed by atoms with Crippen LogP contribution in [0.1, 0.15) is 94.9 Å². The van der Waals surface area contributed by atoms with E-state index in [-0.39, 0.29) is 25.0 Å². The number of Topliss-reactive ketones (excluding diaryl/α,β-unsaturated/α-hetero) is 1. The largest absolute Gasteiger partial charge is 0.459 e. The first-order chi connectivity index (χ1) is 24.5. The fraction of sp³-hybridized carbons (Fsp3) is 0.921. The predicted molar refractivity (Wildman–Crippen MR) is 191 cm³/mol. The van der Waals surface area contributed by atoms with Crippen molar-refractivity contribution in [3.05, 3.63) is 0 Å². The zero-order valence-electron chi connectivity index (χ0n) is 33.9. The third-order valence-corrected chi connectivity index (χ3v) is 12.3. The smallest absolute Gasteiger partial charge is 0.311 e. The lowest BCUT2D eigenvalue weighted by Gasteiger charge is -2.49. The summed E-state index contributed by atoms with van der Waals surface area (Å²) in [5, 5.41) is 45.5. The van der Waals surface area contributed by atoms with Crippen molar-refractivity contribution in [1.82, 2.24) is 4.90 Å². The molecule has 0 radical (unpaired) electrons. The van der Waals surface area contributed by atoms with E-state index >= 15 is 0 Å². The molecule has 15 heteroatoms. The number of aliphatic hydroxyl groups is 4. The van der Waals surface area contributed by atoms with Crippen molar-refractivity contribution in [3.63, 3.8) is 0 Å². The number of hydrogen-bond acceptors (Lipinski definition) is 14. The number of likely N-dealkylation sites (N-methyl/N-ethyl adjacent to an activating group) is 1. The minimum atomic E-state index is -1.99. The number of carbonyl (C=O) groups is 3. The van der Waals surface area contributed by atoms with Crippen LogP contribution in [-0.2, 0) is 47.5 Å². The number of aliphatic hydroxyl groups excluding tert-OH is 3. The number of amides is 1. The molecule has 3 aliphatic heterocycles. The highest BCUT2D eigenvalue weighted by Crippen LogP contribution is 2.41. The SMILES string of the molecule is CCC1OC(=O)[C@H](C)C(O[C@H]2C[C@@](C)(OC)[C@@H](O)[C@H](C)O2)[C@H](C)[C@@H](O[C@@H]2O[C@H](C)C[C@H](N(C)C=O)[C@H]2O)[C@](C)(OC)C[C@@H](C)C(=O)[C@H](C)[C@@H](O)[C@]1(C)O. The molecule has 0 aromatic carbocycles. The van der Waals surface area contributed by atoms with Gasteiger partial charge in [0.05, 0.1) is 53.7 Å². The van der Waals surface area contributed by atoms with Gasteiger partial charge in [-0.05, 0) is 60.8 Å². The molecule has 3 rings (SSSR count). The number of rotatable bonds is 9. The molecule has 4 N–H and O–H groups in total. The van der Waals surface area contributed by atoms with Gasteiger partial charge in [0, 0.05) is 45.4 Å². The number of hydrogen-bond donors (Lipinski definition) is 4. The van der Waals surface area contributed by atoms with E-state index in [4.69, 9.17) is 33.2 Å². The number of nitrogens with zero attached hydrogens (tertiary/aromatic N) is 1. The van der Waals surface area contributed by atoms with Gasteiger partial charge in [0.15, 0.2) is 12.6 Å². The number of methoxy groups -OCH3 is 2. The van der Waals surface area contributed by atoms with Crippen molar-refractivity contribution < 1.29 is 68.0 Å². The van der Waals surface area contributed by atoms with Crippen molar-refractivity contribution in [3.8, 4) is 0 Å². The minimum Gasteiger partial charge on any atom is -0.459 e.